The molecule has 0 bridgehead atoms. The van der Waals surface area contributed by atoms with Crippen molar-refractivity contribution in [1.29, 1.82) is 0 Å². The molecule has 0 aromatic heterocycles. The van der Waals surface area contributed by atoms with Gasteiger partial charge >= 0.3 is 0 Å². The van der Waals surface area contributed by atoms with Gasteiger partial charge in [0.25, 0.3) is 0 Å². The zero-order valence-electron chi connectivity index (χ0n) is 11.4. The average molecular weight is 272 g/mol. The first-order valence-corrected chi connectivity index (χ1v) is 6.28. The topological polar surface area (TPSA) is 56.9 Å². The van der Waals surface area contributed by atoms with Crippen molar-refractivity contribution in [2.45, 2.75) is 6.92 Å². The Labute approximate surface area is 117 Å². The van der Waals surface area contributed by atoms with E-state index in [9.17, 15) is 5.21 Å². The molecule has 5 heteroatoms. The van der Waals surface area contributed by atoms with Crippen molar-refractivity contribution in [3.8, 4) is 11.5 Å². The van der Waals surface area contributed by atoms with Gasteiger partial charge in [-0.2, -0.15) is 0 Å². The van der Waals surface area contributed by atoms with Gasteiger partial charge in [0, 0.05) is 17.2 Å². The number of azo groups is 1. The summed E-state index contributed by atoms with van der Waals surface area (Å²) < 4.78 is 10.4. The second-order valence-electron chi connectivity index (χ2n) is 4.00. The van der Waals surface area contributed by atoms with Gasteiger partial charge in [0.1, 0.15) is 17.2 Å². The summed E-state index contributed by atoms with van der Waals surface area (Å²) in [5.41, 5.74) is 1.01. The van der Waals surface area contributed by atoms with Crippen molar-refractivity contribution in [2.75, 3.05) is 13.7 Å². The van der Waals surface area contributed by atoms with Crippen molar-refractivity contribution in [3.63, 3.8) is 0 Å². The minimum absolute atomic E-state index is 0.448. The van der Waals surface area contributed by atoms with Crippen LogP contribution in [0.15, 0.2) is 53.6 Å². The summed E-state index contributed by atoms with van der Waals surface area (Å²) in [6.45, 7) is 2.50. The molecule has 0 aliphatic carbocycles. The van der Waals surface area contributed by atoms with Crippen LogP contribution in [-0.2, 0) is 0 Å². The number of hydrogen-bond acceptors (Lipinski definition) is 4. The number of rotatable bonds is 5. The van der Waals surface area contributed by atoms with E-state index in [1.54, 1.807) is 55.6 Å². The summed E-state index contributed by atoms with van der Waals surface area (Å²) in [7, 11) is 1.59. The van der Waals surface area contributed by atoms with E-state index in [-0.39, 0.29) is 0 Å². The first-order chi connectivity index (χ1) is 9.72. The molecule has 0 fully saturated rings. The second-order valence-corrected chi connectivity index (χ2v) is 4.00. The largest absolute Gasteiger partial charge is 0.594 e. The van der Waals surface area contributed by atoms with Gasteiger partial charge in [-0.3, -0.25) is 0 Å². The predicted molar refractivity (Wildman–Crippen MR) is 76.0 cm³/mol. The van der Waals surface area contributed by atoms with Crippen molar-refractivity contribution in [2.24, 2.45) is 5.11 Å². The summed E-state index contributed by atoms with van der Waals surface area (Å²) in [5.74, 6) is 1.46. The first kappa shape index (κ1) is 13.9. The molecule has 0 saturated heterocycles. The maximum atomic E-state index is 11.9. The second kappa shape index (κ2) is 6.56. The molecule has 0 amide bonds. The minimum atomic E-state index is 0.448. The van der Waals surface area contributed by atoms with E-state index in [0.29, 0.717) is 22.8 Å². The summed E-state index contributed by atoms with van der Waals surface area (Å²) in [5, 5.41) is 15.9. The molecular formula is C15H16N2O3. The molecule has 0 unspecified atom stereocenters. The molecule has 5 nitrogen and oxygen atoms in total. The molecule has 0 aliphatic heterocycles. The van der Waals surface area contributed by atoms with Crippen molar-refractivity contribution >= 4 is 11.4 Å². The van der Waals surface area contributed by atoms with Crippen molar-refractivity contribution < 1.29 is 14.3 Å². The molecule has 0 atom stereocenters. The first-order valence-electron chi connectivity index (χ1n) is 6.28. The van der Waals surface area contributed by atoms with Crippen LogP contribution in [0.2, 0.25) is 0 Å². The van der Waals surface area contributed by atoms with Gasteiger partial charge in [-0.1, -0.05) is 4.86 Å². The number of nitrogens with zero attached hydrogens (tertiary/aromatic N) is 2. The lowest BCUT2D eigenvalue weighted by Gasteiger charge is -2.03. The highest BCUT2D eigenvalue weighted by atomic mass is 16.5. The molecule has 104 valence electrons. The highest BCUT2D eigenvalue weighted by Crippen LogP contribution is 2.22. The van der Waals surface area contributed by atoms with E-state index in [4.69, 9.17) is 9.47 Å². The molecule has 2 rings (SSSR count). The van der Waals surface area contributed by atoms with Crippen LogP contribution in [0.3, 0.4) is 0 Å². The normalized spacial score (nSPS) is 11.2. The van der Waals surface area contributed by atoms with Crippen LogP contribution >= 0.6 is 0 Å². The van der Waals surface area contributed by atoms with Crippen LogP contribution in [0, 0.1) is 5.21 Å². The van der Waals surface area contributed by atoms with Gasteiger partial charge in [-0.25, -0.2) is 0 Å². The van der Waals surface area contributed by atoms with Gasteiger partial charge < -0.3 is 14.7 Å². The van der Waals surface area contributed by atoms with Crippen LogP contribution in [0.5, 0.6) is 11.5 Å². The molecule has 0 spiro atoms. The zero-order valence-corrected chi connectivity index (χ0v) is 11.4. The summed E-state index contributed by atoms with van der Waals surface area (Å²) in [6.07, 6.45) is 0. The van der Waals surface area contributed by atoms with E-state index in [1.165, 1.54) is 0 Å². The summed E-state index contributed by atoms with van der Waals surface area (Å²) >= 11 is 0. The van der Waals surface area contributed by atoms with Crippen LogP contribution in [0.25, 0.3) is 0 Å². The molecule has 0 N–H and O–H groups in total. The fraction of sp³-hybridized carbons (Fsp3) is 0.200. The highest BCUT2D eigenvalue weighted by Gasteiger charge is 2.04. The van der Waals surface area contributed by atoms with Crippen LogP contribution in [-0.4, -0.2) is 18.6 Å². The third-order valence-corrected chi connectivity index (χ3v) is 2.65. The smallest absolute Gasteiger partial charge is 0.245 e. The van der Waals surface area contributed by atoms with Gasteiger partial charge in [-0.05, 0) is 43.3 Å². The minimum Gasteiger partial charge on any atom is -0.594 e. The van der Waals surface area contributed by atoms with Gasteiger partial charge in [-0.15, -0.1) is 0 Å². The molecule has 0 saturated carbocycles. The number of hydrogen-bond donors (Lipinski definition) is 0. The van der Waals surface area contributed by atoms with Gasteiger partial charge in [0.05, 0.1) is 13.7 Å². The Balaban J connectivity index is 2.16. The highest BCUT2D eigenvalue weighted by molar-refractivity contribution is 5.41. The lowest BCUT2D eigenvalue weighted by Crippen LogP contribution is -1.93. The predicted octanol–water partition coefficient (Wildman–Crippen LogP) is 4.02. The lowest BCUT2D eigenvalue weighted by molar-refractivity contribution is -0.435. The Hall–Kier alpha value is -2.56. The molecule has 2 aromatic carbocycles. The summed E-state index contributed by atoms with van der Waals surface area (Å²) in [6, 6.07) is 13.8. The van der Waals surface area contributed by atoms with Gasteiger partial charge in [0.15, 0.2) is 0 Å². The summed E-state index contributed by atoms with van der Waals surface area (Å²) in [4.78, 5) is 0.581. The fourth-order valence-corrected chi connectivity index (χ4v) is 1.65. The Morgan fingerprint density at radius 2 is 1.60 bits per heavy atom. The third-order valence-electron chi connectivity index (χ3n) is 2.65. The number of methoxy groups -OCH3 is 1. The van der Waals surface area contributed by atoms with Crippen LogP contribution < -0.4 is 9.47 Å². The Kier molecular flexibility index (Phi) is 4.55. The Morgan fingerprint density at radius 3 is 2.15 bits per heavy atom. The van der Waals surface area contributed by atoms with E-state index < -0.39 is 0 Å². The zero-order chi connectivity index (χ0) is 14.4. The maximum absolute atomic E-state index is 11.9. The molecule has 20 heavy (non-hydrogen) atoms. The van der Waals surface area contributed by atoms with E-state index in [1.807, 2.05) is 6.92 Å². The fourth-order valence-electron chi connectivity index (χ4n) is 1.65. The molecule has 0 radical (unpaired) electrons. The number of benzene rings is 2. The van der Waals surface area contributed by atoms with Crippen LogP contribution in [0.4, 0.5) is 11.4 Å². The average Bonchev–Trinajstić information content (AvgIpc) is 2.49. The monoisotopic (exact) mass is 272 g/mol. The SMILES string of the molecule is CCOc1ccc([N+]([O-])=Nc2ccc(OC)cc2)cc1. The standard InChI is InChI=1S/C15H16N2O3/c1-3-20-15-10-6-13(7-11-15)17(18)16-12-4-8-14(19-2)9-5-12/h4-11H,3H2,1-2H3. The molecule has 2 aromatic rings. The van der Waals surface area contributed by atoms with E-state index in [0.717, 1.165) is 11.5 Å². The molecular weight excluding hydrogens is 256 g/mol. The Bertz CT molecular complexity index is 577. The third kappa shape index (κ3) is 3.47. The van der Waals surface area contributed by atoms with Crippen LogP contribution in [0.1, 0.15) is 6.92 Å². The quantitative estimate of drug-likeness (QED) is 0.469. The Morgan fingerprint density at radius 1 is 1.00 bits per heavy atom. The van der Waals surface area contributed by atoms with E-state index in [2.05, 4.69) is 5.11 Å². The van der Waals surface area contributed by atoms with Crippen molar-refractivity contribution in [1.82, 2.24) is 0 Å². The molecule has 0 heterocycles. The van der Waals surface area contributed by atoms with E-state index >= 15 is 0 Å². The maximum Gasteiger partial charge on any atom is 0.245 e. The van der Waals surface area contributed by atoms with Gasteiger partial charge in [0.2, 0.25) is 5.69 Å². The van der Waals surface area contributed by atoms with Crippen molar-refractivity contribution in [3.05, 3.63) is 53.7 Å². The number of ether oxygens (including phenoxy) is 2. The lowest BCUT2D eigenvalue weighted by atomic mass is 10.3. The molecule has 0 aliphatic rings.